The Labute approximate surface area is 110 Å². The Morgan fingerprint density at radius 2 is 2.00 bits per heavy atom. The normalized spacial score (nSPS) is 28.8. The van der Waals surface area contributed by atoms with Crippen LogP contribution >= 0.6 is 8.45 Å². The summed E-state index contributed by atoms with van der Waals surface area (Å²) in [7, 11) is -1.27. The number of ether oxygens (including phenoxy) is 2. The molecule has 0 aromatic rings. The van der Waals surface area contributed by atoms with Crippen molar-refractivity contribution in [3.63, 3.8) is 0 Å². The molecule has 2 unspecified atom stereocenters. The van der Waals surface area contributed by atoms with Crippen molar-refractivity contribution in [3.05, 3.63) is 11.8 Å². The van der Waals surface area contributed by atoms with Gasteiger partial charge in [-0.25, -0.2) is 0 Å². The van der Waals surface area contributed by atoms with Crippen LogP contribution < -0.4 is 0 Å². The Balaban J connectivity index is 0.000000367. The number of nitrogens with zero attached hydrogens (tertiary/aromatic N) is 2. The lowest BCUT2D eigenvalue weighted by atomic mass is 10.1. The van der Waals surface area contributed by atoms with Crippen LogP contribution in [0.5, 0.6) is 0 Å². The van der Waals surface area contributed by atoms with Gasteiger partial charge in [-0.1, -0.05) is 34.1 Å². The minimum Gasteiger partial charge on any atom is -0.473 e. The van der Waals surface area contributed by atoms with Crippen LogP contribution in [0.4, 0.5) is 0 Å². The molecule has 3 aliphatic heterocycles. The van der Waals surface area contributed by atoms with Gasteiger partial charge in [0.15, 0.2) is 0 Å². The van der Waals surface area contributed by atoms with Crippen molar-refractivity contribution in [2.45, 2.75) is 40.2 Å². The van der Waals surface area contributed by atoms with E-state index in [0.717, 1.165) is 18.3 Å². The first kappa shape index (κ1) is 13.8. The molecule has 0 bridgehead atoms. The van der Waals surface area contributed by atoms with Crippen LogP contribution in [0.2, 0.25) is 0 Å². The Hall–Kier alpha value is -0.670. The maximum Gasteiger partial charge on any atom is 0.259 e. The lowest BCUT2D eigenvalue weighted by Gasteiger charge is -2.28. The van der Waals surface area contributed by atoms with Gasteiger partial charge in [-0.15, -0.1) is 0 Å². The molecule has 3 rings (SSSR count). The highest BCUT2D eigenvalue weighted by Crippen LogP contribution is 2.58. The summed E-state index contributed by atoms with van der Waals surface area (Å²) >= 11 is 0. The zero-order valence-corrected chi connectivity index (χ0v) is 12.5. The third-order valence-corrected chi connectivity index (χ3v) is 4.73. The fourth-order valence-corrected chi connectivity index (χ4v) is 3.87. The van der Waals surface area contributed by atoms with Crippen LogP contribution in [-0.2, 0) is 9.47 Å². The molecule has 0 radical (unpaired) electrons. The first-order chi connectivity index (χ1) is 8.61. The Bertz CT molecular complexity index is 335. The van der Waals surface area contributed by atoms with Gasteiger partial charge in [0.2, 0.25) is 0 Å². The van der Waals surface area contributed by atoms with Gasteiger partial charge in [-0.3, -0.25) is 9.34 Å². The topological polar surface area (TPSA) is 45.2 Å². The minimum absolute atomic E-state index is 0.276. The van der Waals surface area contributed by atoms with Gasteiger partial charge < -0.3 is 14.4 Å². The first-order valence-corrected chi connectivity index (χ1v) is 7.87. The van der Waals surface area contributed by atoms with E-state index in [0.29, 0.717) is 19.1 Å². The van der Waals surface area contributed by atoms with E-state index in [4.69, 9.17) is 9.47 Å². The number of hydrogen-bond acceptors (Lipinski definition) is 5. The van der Waals surface area contributed by atoms with Crippen molar-refractivity contribution in [3.8, 4) is 0 Å². The molecule has 0 saturated carbocycles. The first-order valence-electron chi connectivity index (χ1n) is 6.67. The zero-order valence-electron chi connectivity index (χ0n) is 11.6. The molecular formula is C12H23N2O3P. The average molecular weight is 274 g/mol. The second kappa shape index (κ2) is 5.54. The highest BCUT2D eigenvalue weighted by molar-refractivity contribution is 7.47. The van der Waals surface area contributed by atoms with Crippen LogP contribution in [-0.4, -0.2) is 40.0 Å². The van der Waals surface area contributed by atoms with E-state index in [1.165, 1.54) is 6.42 Å². The van der Waals surface area contributed by atoms with Crippen LogP contribution in [0.3, 0.4) is 0 Å². The fourth-order valence-electron chi connectivity index (χ4n) is 2.16. The molecular weight excluding hydrogens is 251 g/mol. The molecule has 18 heavy (non-hydrogen) atoms. The highest BCUT2D eigenvalue weighted by atomic mass is 31.2. The molecule has 3 heterocycles. The molecule has 0 aromatic heterocycles. The van der Waals surface area contributed by atoms with Gasteiger partial charge in [0.25, 0.3) is 20.2 Å². The molecule has 0 aliphatic carbocycles. The molecule has 2 atom stereocenters. The van der Waals surface area contributed by atoms with Gasteiger partial charge in [0.1, 0.15) is 13.2 Å². The van der Waals surface area contributed by atoms with Crippen molar-refractivity contribution in [1.29, 1.82) is 0 Å². The van der Waals surface area contributed by atoms with Crippen LogP contribution in [0.1, 0.15) is 34.1 Å². The molecule has 2 saturated heterocycles. The van der Waals surface area contributed by atoms with Crippen molar-refractivity contribution in [1.82, 2.24) is 9.34 Å². The largest absolute Gasteiger partial charge is 0.473 e. The summed E-state index contributed by atoms with van der Waals surface area (Å²) in [6.07, 6.45) is 1.25. The number of hydrogen-bond donors (Lipinski definition) is 1. The summed E-state index contributed by atoms with van der Waals surface area (Å²) in [4.78, 5) is 10.2. The van der Waals surface area contributed by atoms with Gasteiger partial charge in [0.05, 0.1) is 12.6 Å². The van der Waals surface area contributed by atoms with Crippen LogP contribution in [0.25, 0.3) is 0 Å². The molecule has 0 aromatic carbocycles. The van der Waals surface area contributed by atoms with Crippen molar-refractivity contribution in [2.75, 3.05) is 19.8 Å². The van der Waals surface area contributed by atoms with E-state index in [-0.39, 0.29) is 6.04 Å². The summed E-state index contributed by atoms with van der Waals surface area (Å²) < 4.78 is 15.0. The second-order valence-electron chi connectivity index (χ2n) is 5.02. The Morgan fingerprint density at radius 1 is 1.33 bits per heavy atom. The van der Waals surface area contributed by atoms with Crippen molar-refractivity contribution >= 4 is 8.45 Å². The van der Waals surface area contributed by atoms with E-state index in [1.54, 1.807) is 0 Å². The molecule has 6 heteroatoms. The Morgan fingerprint density at radius 3 is 2.61 bits per heavy atom. The maximum atomic E-state index is 10.2. The monoisotopic (exact) mass is 274 g/mol. The van der Waals surface area contributed by atoms with Gasteiger partial charge in [-0.05, 0) is 5.92 Å². The molecule has 3 aliphatic rings. The third kappa shape index (κ3) is 2.14. The number of fused-ring (bicyclic) bond motifs is 2. The summed E-state index contributed by atoms with van der Waals surface area (Å²) in [5.74, 6) is 1.96. The van der Waals surface area contributed by atoms with E-state index < -0.39 is 8.45 Å². The standard InChI is InChI=1S/C9H15N2O3P.C3H8/c1-6(2)7-5-14-9-8-10(3-4-13-8)15(12)11(7)9;1-3-2/h6-7,12H,3-5H2,1-2H3;3H2,1-2H3. The summed E-state index contributed by atoms with van der Waals surface area (Å²) in [5, 5.41) is 0. The van der Waals surface area contributed by atoms with Gasteiger partial charge in [0, 0.05) is 0 Å². The summed E-state index contributed by atoms with van der Waals surface area (Å²) in [6.45, 7) is 10.6. The molecule has 0 spiro atoms. The predicted octanol–water partition coefficient (Wildman–Crippen LogP) is 2.45. The summed E-state index contributed by atoms with van der Waals surface area (Å²) in [6, 6.07) is 0.276. The number of rotatable bonds is 1. The quantitative estimate of drug-likeness (QED) is 0.744. The molecule has 5 nitrogen and oxygen atoms in total. The van der Waals surface area contributed by atoms with E-state index in [2.05, 4.69) is 27.7 Å². The highest BCUT2D eigenvalue weighted by Gasteiger charge is 2.51. The molecule has 104 valence electrons. The maximum absolute atomic E-state index is 10.2. The lowest BCUT2D eigenvalue weighted by Crippen LogP contribution is -2.31. The van der Waals surface area contributed by atoms with E-state index in [9.17, 15) is 4.89 Å². The van der Waals surface area contributed by atoms with Crippen molar-refractivity contribution < 1.29 is 14.4 Å². The molecule has 0 amide bonds. The fraction of sp³-hybridized carbons (Fsp3) is 0.833. The lowest BCUT2D eigenvalue weighted by molar-refractivity contribution is 0.189. The van der Waals surface area contributed by atoms with Gasteiger partial charge >= 0.3 is 0 Å². The molecule has 2 fully saturated rings. The molecule has 1 N–H and O–H groups in total. The minimum atomic E-state index is -1.27. The third-order valence-electron chi connectivity index (χ3n) is 3.05. The average Bonchev–Trinajstić information content (AvgIpc) is 2.98. The Kier molecular flexibility index (Phi) is 4.23. The van der Waals surface area contributed by atoms with Crippen LogP contribution in [0.15, 0.2) is 11.8 Å². The smallest absolute Gasteiger partial charge is 0.259 e. The van der Waals surface area contributed by atoms with E-state index in [1.807, 2.05) is 9.34 Å². The zero-order chi connectivity index (χ0) is 13.3. The van der Waals surface area contributed by atoms with Crippen LogP contribution in [0, 0.1) is 5.92 Å². The summed E-state index contributed by atoms with van der Waals surface area (Å²) in [5.41, 5.74) is 0. The van der Waals surface area contributed by atoms with E-state index >= 15 is 0 Å². The van der Waals surface area contributed by atoms with Crippen molar-refractivity contribution in [2.24, 2.45) is 5.92 Å². The predicted molar refractivity (Wildman–Crippen MR) is 71.2 cm³/mol. The van der Waals surface area contributed by atoms with Gasteiger partial charge in [-0.2, -0.15) is 0 Å². The second-order valence-corrected chi connectivity index (χ2v) is 6.47. The SMILES string of the molecule is CC(C)C1COC2=C3OCCN3P(O)N21.CCC.